The van der Waals surface area contributed by atoms with Gasteiger partial charge in [-0.05, 0) is 31.2 Å². The second-order valence-corrected chi connectivity index (χ2v) is 5.53. The van der Waals surface area contributed by atoms with Gasteiger partial charge in [-0.15, -0.1) is 16.4 Å². The van der Waals surface area contributed by atoms with Crippen LogP contribution in [-0.2, 0) is 11.4 Å². The van der Waals surface area contributed by atoms with Crippen molar-refractivity contribution in [2.24, 2.45) is 5.73 Å². The highest BCUT2D eigenvalue weighted by molar-refractivity contribution is 7.12. The number of thiophene rings is 1. The lowest BCUT2D eigenvalue weighted by atomic mass is 10.2. The first-order valence-corrected chi connectivity index (χ1v) is 6.54. The molecule has 0 saturated carbocycles. The van der Waals surface area contributed by atoms with Gasteiger partial charge in [-0.2, -0.15) is 0 Å². The van der Waals surface area contributed by atoms with Crippen molar-refractivity contribution in [2.45, 2.75) is 19.5 Å². The van der Waals surface area contributed by atoms with E-state index in [1.54, 1.807) is 17.6 Å². The van der Waals surface area contributed by atoms with E-state index in [0.29, 0.717) is 12.4 Å². The minimum atomic E-state index is 0.0637. The summed E-state index contributed by atoms with van der Waals surface area (Å²) in [6.07, 6.45) is 3.58. The monoisotopic (exact) mass is 262 g/mol. The van der Waals surface area contributed by atoms with E-state index in [4.69, 9.17) is 15.0 Å². The molecular formula is C13H14N2O2S. The minimum Gasteiger partial charge on any atom is -0.468 e. The lowest BCUT2D eigenvalue weighted by Gasteiger charge is -2.20. The van der Waals surface area contributed by atoms with E-state index in [9.17, 15) is 0 Å². The smallest absolute Gasteiger partial charge is 0.207 e. The lowest BCUT2D eigenvalue weighted by molar-refractivity contribution is -0.130. The third-order valence-electron chi connectivity index (χ3n) is 2.80. The van der Waals surface area contributed by atoms with Gasteiger partial charge in [0.15, 0.2) is 0 Å². The van der Waals surface area contributed by atoms with Crippen molar-refractivity contribution in [3.8, 4) is 0 Å². The Morgan fingerprint density at radius 1 is 1.39 bits per heavy atom. The first-order chi connectivity index (χ1) is 8.72. The van der Waals surface area contributed by atoms with Crippen LogP contribution in [0.4, 0.5) is 0 Å². The van der Waals surface area contributed by atoms with Crippen LogP contribution >= 0.6 is 11.3 Å². The number of hydroxylamine groups is 2. The van der Waals surface area contributed by atoms with Crippen LogP contribution in [0, 0.1) is 6.92 Å². The minimum absolute atomic E-state index is 0.0637. The Hall–Kier alpha value is -1.72. The van der Waals surface area contributed by atoms with Crippen LogP contribution in [0.3, 0.4) is 0 Å². The zero-order valence-corrected chi connectivity index (χ0v) is 10.8. The predicted molar refractivity (Wildman–Crippen MR) is 69.4 cm³/mol. The molecule has 0 amide bonds. The van der Waals surface area contributed by atoms with Crippen LogP contribution in [0.25, 0.3) is 0 Å². The third kappa shape index (κ3) is 2.14. The van der Waals surface area contributed by atoms with Gasteiger partial charge in [-0.1, -0.05) is 0 Å². The van der Waals surface area contributed by atoms with Gasteiger partial charge >= 0.3 is 0 Å². The predicted octanol–water partition coefficient (Wildman–Crippen LogP) is 2.94. The molecule has 2 aromatic heterocycles. The molecule has 2 N–H and O–H groups in total. The summed E-state index contributed by atoms with van der Waals surface area (Å²) in [5, 5.41) is 1.83. The highest BCUT2D eigenvalue weighted by Crippen LogP contribution is 2.34. The van der Waals surface area contributed by atoms with E-state index < -0.39 is 0 Å². The van der Waals surface area contributed by atoms with Crippen LogP contribution in [0.5, 0.6) is 0 Å². The molecule has 3 heterocycles. The number of nitrogens with zero attached hydrogens (tertiary/aromatic N) is 1. The van der Waals surface area contributed by atoms with Gasteiger partial charge in [0, 0.05) is 15.8 Å². The Bertz CT molecular complexity index is 559. The number of hydrogen-bond acceptors (Lipinski definition) is 5. The van der Waals surface area contributed by atoms with Crippen molar-refractivity contribution in [2.75, 3.05) is 0 Å². The summed E-state index contributed by atoms with van der Waals surface area (Å²) >= 11 is 1.75. The SMILES string of the molecule is Cc1ccc(C2C=C(N)ON2Cc2ccco2)s1. The zero-order valence-electron chi connectivity index (χ0n) is 10.00. The Morgan fingerprint density at radius 2 is 2.28 bits per heavy atom. The normalized spacial score (nSPS) is 19.8. The fraction of sp³-hybridized carbons (Fsp3) is 0.231. The fourth-order valence-electron chi connectivity index (χ4n) is 1.98. The molecule has 0 aliphatic carbocycles. The first kappa shape index (κ1) is 11.4. The topological polar surface area (TPSA) is 51.6 Å². The molecular weight excluding hydrogens is 248 g/mol. The van der Waals surface area contributed by atoms with E-state index in [2.05, 4.69) is 19.1 Å². The van der Waals surface area contributed by atoms with E-state index in [0.717, 1.165) is 5.76 Å². The molecule has 4 nitrogen and oxygen atoms in total. The lowest BCUT2D eigenvalue weighted by Crippen LogP contribution is -2.22. The maximum atomic E-state index is 5.76. The van der Waals surface area contributed by atoms with Crippen LogP contribution < -0.4 is 5.73 Å². The Kier molecular flexibility index (Phi) is 2.85. The fourth-order valence-corrected chi connectivity index (χ4v) is 2.93. The summed E-state index contributed by atoms with van der Waals surface area (Å²) in [4.78, 5) is 8.03. The number of hydrogen-bond donors (Lipinski definition) is 1. The molecule has 0 aromatic carbocycles. The van der Waals surface area contributed by atoms with E-state index in [-0.39, 0.29) is 6.04 Å². The summed E-state index contributed by atoms with van der Waals surface area (Å²) in [5.41, 5.74) is 5.76. The zero-order chi connectivity index (χ0) is 12.5. The van der Waals surface area contributed by atoms with E-state index in [1.807, 2.05) is 23.3 Å². The Labute approximate surface area is 109 Å². The van der Waals surface area contributed by atoms with Gasteiger partial charge in [-0.25, -0.2) is 0 Å². The molecule has 0 saturated heterocycles. The maximum Gasteiger partial charge on any atom is 0.207 e. The van der Waals surface area contributed by atoms with Crippen molar-refractivity contribution in [3.05, 3.63) is 58.0 Å². The Morgan fingerprint density at radius 3 is 2.94 bits per heavy atom. The largest absolute Gasteiger partial charge is 0.468 e. The molecule has 0 bridgehead atoms. The summed E-state index contributed by atoms with van der Waals surface area (Å²) in [7, 11) is 0. The van der Waals surface area contributed by atoms with Gasteiger partial charge < -0.3 is 15.0 Å². The molecule has 0 spiro atoms. The van der Waals surface area contributed by atoms with Crippen LogP contribution in [-0.4, -0.2) is 5.06 Å². The second kappa shape index (κ2) is 4.51. The van der Waals surface area contributed by atoms with Crippen LogP contribution in [0.1, 0.15) is 21.6 Å². The molecule has 2 aromatic rings. The molecule has 1 aliphatic heterocycles. The molecule has 94 valence electrons. The first-order valence-electron chi connectivity index (χ1n) is 5.73. The van der Waals surface area contributed by atoms with Gasteiger partial charge in [0.1, 0.15) is 11.8 Å². The van der Waals surface area contributed by atoms with Gasteiger partial charge in [0.25, 0.3) is 0 Å². The number of rotatable bonds is 3. The highest BCUT2D eigenvalue weighted by atomic mass is 32.1. The average molecular weight is 262 g/mol. The van der Waals surface area contributed by atoms with Crippen molar-refractivity contribution in [3.63, 3.8) is 0 Å². The third-order valence-corrected chi connectivity index (χ3v) is 3.87. The standard InChI is InChI=1S/C13H14N2O2S/c1-9-4-5-12(18-9)11-7-13(14)17-15(11)8-10-3-2-6-16-10/h2-7,11H,8,14H2,1H3. The molecule has 1 unspecified atom stereocenters. The molecule has 18 heavy (non-hydrogen) atoms. The molecule has 5 heteroatoms. The molecule has 1 aliphatic rings. The van der Waals surface area contributed by atoms with Gasteiger partial charge in [0.05, 0.1) is 12.8 Å². The van der Waals surface area contributed by atoms with Gasteiger partial charge in [0.2, 0.25) is 5.88 Å². The molecule has 0 radical (unpaired) electrons. The quantitative estimate of drug-likeness (QED) is 0.924. The van der Waals surface area contributed by atoms with Crippen LogP contribution in [0.15, 0.2) is 46.9 Å². The number of nitrogens with two attached hydrogens (primary N) is 1. The van der Waals surface area contributed by atoms with Crippen molar-refractivity contribution >= 4 is 11.3 Å². The average Bonchev–Trinajstić information content (AvgIpc) is 3.01. The molecule has 1 atom stereocenters. The van der Waals surface area contributed by atoms with E-state index in [1.165, 1.54) is 9.75 Å². The molecule has 0 fully saturated rings. The van der Waals surface area contributed by atoms with Crippen molar-refractivity contribution in [1.82, 2.24) is 5.06 Å². The van der Waals surface area contributed by atoms with Crippen molar-refractivity contribution < 1.29 is 9.25 Å². The van der Waals surface area contributed by atoms with Crippen molar-refractivity contribution in [1.29, 1.82) is 0 Å². The summed E-state index contributed by atoms with van der Waals surface area (Å²) < 4.78 is 5.34. The molecule has 3 rings (SSSR count). The van der Waals surface area contributed by atoms with E-state index >= 15 is 0 Å². The number of furan rings is 1. The van der Waals surface area contributed by atoms with Gasteiger partial charge in [-0.3, -0.25) is 0 Å². The second-order valence-electron chi connectivity index (χ2n) is 4.21. The maximum absolute atomic E-state index is 5.76. The summed E-state index contributed by atoms with van der Waals surface area (Å²) in [6, 6.07) is 8.07. The Balaban J connectivity index is 1.82. The van der Waals surface area contributed by atoms with Crippen LogP contribution in [0.2, 0.25) is 0 Å². The summed E-state index contributed by atoms with van der Waals surface area (Å²) in [6.45, 7) is 2.67. The number of aryl methyl sites for hydroxylation is 1. The summed E-state index contributed by atoms with van der Waals surface area (Å²) in [5.74, 6) is 1.30. The highest BCUT2D eigenvalue weighted by Gasteiger charge is 2.29.